The average molecular weight is 401 g/mol. The Morgan fingerprint density at radius 1 is 1.19 bits per heavy atom. The summed E-state index contributed by atoms with van der Waals surface area (Å²) in [6.45, 7) is 0. The van der Waals surface area contributed by atoms with Gasteiger partial charge in [0.25, 0.3) is 0 Å². The lowest BCUT2D eigenvalue weighted by Gasteiger charge is -2.17. The topological polar surface area (TPSA) is 52.7 Å². The van der Waals surface area contributed by atoms with E-state index in [4.69, 9.17) is 11.6 Å². The van der Waals surface area contributed by atoms with Gasteiger partial charge in [0.1, 0.15) is 0 Å². The first kappa shape index (κ1) is 18.3. The first-order chi connectivity index (χ1) is 13.1. The van der Waals surface area contributed by atoms with E-state index in [1.807, 2.05) is 54.2 Å². The molecule has 0 atom stereocenters. The van der Waals surface area contributed by atoms with E-state index in [2.05, 4.69) is 14.8 Å². The fourth-order valence-electron chi connectivity index (χ4n) is 3.65. The van der Waals surface area contributed by atoms with Gasteiger partial charge in [0.15, 0.2) is 16.8 Å². The molecular weight excluding hydrogens is 380 g/mol. The zero-order chi connectivity index (χ0) is 18.8. The number of ketones is 1. The first-order valence-corrected chi connectivity index (χ1v) is 10.5. The molecule has 3 aromatic rings. The van der Waals surface area contributed by atoms with Crippen LogP contribution < -0.4 is 0 Å². The second-order valence-electron chi connectivity index (χ2n) is 6.81. The number of thioether (sulfide) groups is 1. The van der Waals surface area contributed by atoms with Gasteiger partial charge < -0.3 is 4.57 Å². The van der Waals surface area contributed by atoms with Crippen LogP contribution in [-0.2, 0) is 7.05 Å². The Kier molecular flexibility index (Phi) is 5.36. The van der Waals surface area contributed by atoms with Crippen molar-refractivity contribution < 1.29 is 4.79 Å². The van der Waals surface area contributed by atoms with Gasteiger partial charge in [-0.1, -0.05) is 48.3 Å². The molecule has 0 bridgehead atoms. The third-order valence-corrected chi connectivity index (χ3v) is 6.30. The van der Waals surface area contributed by atoms with Crippen LogP contribution in [0.5, 0.6) is 0 Å². The van der Waals surface area contributed by atoms with E-state index in [1.54, 1.807) is 0 Å². The van der Waals surface area contributed by atoms with E-state index < -0.39 is 0 Å². The molecule has 2 aromatic heterocycles. The summed E-state index contributed by atoms with van der Waals surface area (Å²) < 4.78 is 4.04. The highest BCUT2D eigenvalue weighted by molar-refractivity contribution is 7.99. The van der Waals surface area contributed by atoms with Crippen LogP contribution in [0.4, 0.5) is 0 Å². The number of hydrogen-bond donors (Lipinski definition) is 0. The summed E-state index contributed by atoms with van der Waals surface area (Å²) in [6.07, 6.45) is 6.51. The first-order valence-electron chi connectivity index (χ1n) is 9.12. The molecule has 0 aliphatic heterocycles. The molecule has 1 saturated carbocycles. The lowest BCUT2D eigenvalue weighted by Crippen LogP contribution is -2.11. The predicted molar refractivity (Wildman–Crippen MR) is 108 cm³/mol. The summed E-state index contributed by atoms with van der Waals surface area (Å²) in [5.74, 6) is 1.22. The minimum atomic E-state index is 0.0905. The summed E-state index contributed by atoms with van der Waals surface area (Å²) in [4.78, 5) is 12.5. The highest BCUT2D eigenvalue weighted by Crippen LogP contribution is 2.38. The lowest BCUT2D eigenvalue weighted by molar-refractivity contribution is 0.101. The number of aryl methyl sites for hydroxylation is 1. The largest absolute Gasteiger partial charge is 0.348 e. The van der Waals surface area contributed by atoms with Crippen LogP contribution in [0.25, 0.3) is 11.4 Å². The highest BCUT2D eigenvalue weighted by atomic mass is 35.5. The number of hydrogen-bond acceptors (Lipinski definition) is 4. The van der Waals surface area contributed by atoms with Crippen molar-refractivity contribution in [2.24, 2.45) is 7.05 Å². The van der Waals surface area contributed by atoms with Crippen molar-refractivity contribution >= 4 is 29.1 Å². The van der Waals surface area contributed by atoms with Gasteiger partial charge in [0.2, 0.25) is 0 Å². The fraction of sp³-hybridized carbons (Fsp3) is 0.350. The van der Waals surface area contributed by atoms with E-state index in [0.717, 1.165) is 29.4 Å². The predicted octanol–water partition coefficient (Wildman–Crippen LogP) is 5.03. The van der Waals surface area contributed by atoms with Gasteiger partial charge in [-0.25, -0.2) is 0 Å². The average Bonchev–Trinajstić information content (AvgIpc) is 3.40. The smallest absolute Gasteiger partial charge is 0.192 e. The molecule has 27 heavy (non-hydrogen) atoms. The molecule has 140 valence electrons. The maximum absolute atomic E-state index is 12.5. The number of benzene rings is 1. The number of halogens is 1. The molecule has 1 aromatic carbocycles. The zero-order valence-electron chi connectivity index (χ0n) is 15.1. The van der Waals surface area contributed by atoms with Crippen LogP contribution in [0.15, 0.2) is 47.8 Å². The Balaban J connectivity index is 1.64. The van der Waals surface area contributed by atoms with Gasteiger partial charge in [-0.2, -0.15) is 0 Å². The number of carbonyl (C=O) groups excluding carboxylic acids is 1. The Labute approximate surface area is 167 Å². The standard InChI is InChI=1S/C20H21ClN4OS/c1-24-12-6-11-17(24)18(26)13-27-20-23-22-19(15-9-4-5-10-16(15)21)25(20)14-7-2-3-8-14/h4-6,9-12,14H,2-3,7-8,13H2,1H3. The second-order valence-corrected chi connectivity index (χ2v) is 8.16. The highest BCUT2D eigenvalue weighted by Gasteiger charge is 2.26. The molecule has 1 aliphatic carbocycles. The molecule has 7 heteroatoms. The third-order valence-electron chi connectivity index (χ3n) is 5.03. The van der Waals surface area contributed by atoms with Gasteiger partial charge in [-0.05, 0) is 37.1 Å². The van der Waals surface area contributed by atoms with E-state index in [1.165, 1.54) is 24.6 Å². The van der Waals surface area contributed by atoms with Crippen molar-refractivity contribution in [3.05, 3.63) is 53.3 Å². The van der Waals surface area contributed by atoms with Crippen LogP contribution in [0.1, 0.15) is 42.2 Å². The van der Waals surface area contributed by atoms with E-state index in [0.29, 0.717) is 22.5 Å². The monoisotopic (exact) mass is 400 g/mol. The fourth-order valence-corrected chi connectivity index (χ4v) is 4.75. The van der Waals surface area contributed by atoms with Crippen molar-refractivity contribution in [2.75, 3.05) is 5.75 Å². The maximum Gasteiger partial charge on any atom is 0.192 e. The maximum atomic E-state index is 12.5. The lowest BCUT2D eigenvalue weighted by atomic mass is 10.2. The van der Waals surface area contributed by atoms with Gasteiger partial charge >= 0.3 is 0 Å². The zero-order valence-corrected chi connectivity index (χ0v) is 16.7. The summed E-state index contributed by atoms with van der Waals surface area (Å²) in [7, 11) is 1.88. The number of nitrogens with zero attached hydrogens (tertiary/aromatic N) is 4. The van der Waals surface area contributed by atoms with Crippen LogP contribution in [0, 0.1) is 0 Å². The molecule has 0 amide bonds. The Morgan fingerprint density at radius 3 is 2.67 bits per heavy atom. The molecule has 5 nitrogen and oxygen atoms in total. The van der Waals surface area contributed by atoms with E-state index >= 15 is 0 Å². The van der Waals surface area contributed by atoms with Crippen LogP contribution in [-0.4, -0.2) is 30.9 Å². The van der Waals surface area contributed by atoms with E-state index in [-0.39, 0.29) is 5.78 Å². The molecule has 1 fully saturated rings. The second kappa shape index (κ2) is 7.90. The molecule has 0 spiro atoms. The molecule has 0 radical (unpaired) electrons. The van der Waals surface area contributed by atoms with Crippen molar-refractivity contribution in [1.29, 1.82) is 0 Å². The Hall–Kier alpha value is -2.05. The molecule has 4 rings (SSSR count). The summed E-state index contributed by atoms with van der Waals surface area (Å²) in [6, 6.07) is 11.8. The Morgan fingerprint density at radius 2 is 1.96 bits per heavy atom. The van der Waals surface area contributed by atoms with Crippen molar-refractivity contribution in [2.45, 2.75) is 36.9 Å². The third kappa shape index (κ3) is 3.69. The molecule has 2 heterocycles. The molecule has 0 saturated heterocycles. The van der Waals surface area contributed by atoms with Crippen LogP contribution in [0.3, 0.4) is 0 Å². The van der Waals surface area contributed by atoms with Gasteiger partial charge in [-0.15, -0.1) is 10.2 Å². The quantitative estimate of drug-likeness (QED) is 0.430. The van der Waals surface area contributed by atoms with Crippen molar-refractivity contribution in [3.8, 4) is 11.4 Å². The normalized spacial score (nSPS) is 14.7. The van der Waals surface area contributed by atoms with Crippen LogP contribution >= 0.6 is 23.4 Å². The Bertz CT molecular complexity index is 959. The van der Waals surface area contributed by atoms with Crippen LogP contribution in [0.2, 0.25) is 5.02 Å². The van der Waals surface area contributed by atoms with E-state index in [9.17, 15) is 4.79 Å². The van der Waals surface area contributed by atoms with Gasteiger partial charge in [-0.3, -0.25) is 9.36 Å². The minimum absolute atomic E-state index is 0.0905. The SMILES string of the molecule is Cn1cccc1C(=O)CSc1nnc(-c2ccccc2Cl)n1C1CCCC1. The summed E-state index contributed by atoms with van der Waals surface area (Å²) in [5.41, 5.74) is 1.60. The minimum Gasteiger partial charge on any atom is -0.348 e. The number of carbonyl (C=O) groups is 1. The molecule has 0 N–H and O–H groups in total. The van der Waals surface area contributed by atoms with Gasteiger partial charge in [0.05, 0.1) is 16.5 Å². The number of rotatable bonds is 6. The van der Waals surface area contributed by atoms with Gasteiger partial charge in [0, 0.05) is 24.8 Å². The molecule has 1 aliphatic rings. The number of aromatic nitrogens is 4. The van der Waals surface area contributed by atoms with Crippen molar-refractivity contribution in [3.63, 3.8) is 0 Å². The molecule has 0 unspecified atom stereocenters. The summed E-state index contributed by atoms with van der Waals surface area (Å²) >= 11 is 7.87. The van der Waals surface area contributed by atoms with Crippen molar-refractivity contribution in [1.82, 2.24) is 19.3 Å². The summed E-state index contributed by atoms with van der Waals surface area (Å²) in [5, 5.41) is 10.3. The molecular formula is C20H21ClN4OS. The number of Topliss-reactive ketones (excluding diaryl/α,β-unsaturated/α-hetero) is 1.